The molecule has 0 saturated carbocycles. The first-order chi connectivity index (χ1) is 17.5. The van der Waals surface area contributed by atoms with E-state index in [4.69, 9.17) is 8.92 Å². The minimum Gasteiger partial charge on any atom is -0.508 e. The first-order valence-electron chi connectivity index (χ1n) is 10.6. The fourth-order valence-electron chi connectivity index (χ4n) is 3.43. The number of hydrogen-bond donors (Lipinski definition) is 2. The van der Waals surface area contributed by atoms with Gasteiger partial charge in [0.05, 0.1) is 16.4 Å². The van der Waals surface area contributed by atoms with Crippen LogP contribution in [0.4, 0.5) is 10.5 Å². The van der Waals surface area contributed by atoms with Crippen LogP contribution in [-0.4, -0.2) is 38.5 Å². The van der Waals surface area contributed by atoms with Crippen molar-refractivity contribution in [2.75, 3.05) is 12.0 Å². The first kappa shape index (κ1) is 26.2. The molecule has 10 nitrogen and oxygen atoms in total. The summed E-state index contributed by atoms with van der Waals surface area (Å²) in [5.41, 5.74) is 1.01. The second-order valence-corrected chi connectivity index (χ2v) is 10.6. The van der Waals surface area contributed by atoms with Crippen LogP contribution in [0.25, 0.3) is 6.08 Å². The highest BCUT2D eigenvalue weighted by atomic mass is 127. The van der Waals surface area contributed by atoms with Gasteiger partial charge in [-0.2, -0.15) is 8.42 Å². The molecule has 1 saturated heterocycles. The number of anilines is 1. The molecule has 3 aromatic carbocycles. The Morgan fingerprint density at radius 3 is 2.27 bits per heavy atom. The van der Waals surface area contributed by atoms with Gasteiger partial charge in [0.25, 0.3) is 11.8 Å². The Hall–Kier alpha value is -3.91. The lowest BCUT2D eigenvalue weighted by Crippen LogP contribution is -2.54. The van der Waals surface area contributed by atoms with E-state index in [0.29, 0.717) is 9.13 Å². The summed E-state index contributed by atoms with van der Waals surface area (Å²) in [6.45, 7) is 1.83. The Labute approximate surface area is 225 Å². The van der Waals surface area contributed by atoms with E-state index in [1.54, 1.807) is 12.1 Å². The summed E-state index contributed by atoms with van der Waals surface area (Å²) in [4.78, 5) is 38.7. The van der Waals surface area contributed by atoms with E-state index in [1.807, 2.05) is 29.5 Å². The molecule has 0 unspecified atom stereocenters. The van der Waals surface area contributed by atoms with Crippen molar-refractivity contribution >= 4 is 62.3 Å². The summed E-state index contributed by atoms with van der Waals surface area (Å²) < 4.78 is 36.6. The predicted octanol–water partition coefficient (Wildman–Crippen LogP) is 3.75. The summed E-state index contributed by atoms with van der Waals surface area (Å²) in [5.74, 6) is -1.86. The third-order valence-corrected chi connectivity index (χ3v) is 7.31. The van der Waals surface area contributed by atoms with Gasteiger partial charge in [0.2, 0.25) is 0 Å². The van der Waals surface area contributed by atoms with Crippen LogP contribution in [0.15, 0.2) is 71.1 Å². The van der Waals surface area contributed by atoms with Gasteiger partial charge >= 0.3 is 16.1 Å². The molecule has 12 heteroatoms. The molecule has 1 heterocycles. The van der Waals surface area contributed by atoms with Gasteiger partial charge in [-0.15, -0.1) is 0 Å². The number of carbonyl (C=O) groups is 3. The summed E-state index contributed by atoms with van der Waals surface area (Å²) in [5, 5.41) is 11.6. The lowest BCUT2D eigenvalue weighted by Gasteiger charge is -2.26. The average Bonchev–Trinajstić information content (AvgIpc) is 2.84. The number of nitrogens with zero attached hydrogens (tertiary/aromatic N) is 1. The number of nitrogens with one attached hydrogen (secondary N) is 1. The lowest BCUT2D eigenvalue weighted by molar-refractivity contribution is -0.122. The van der Waals surface area contributed by atoms with E-state index < -0.39 is 28.0 Å². The number of carbonyl (C=O) groups excluding carboxylic acids is 3. The molecule has 0 bridgehead atoms. The molecule has 0 radical (unpaired) electrons. The van der Waals surface area contributed by atoms with Gasteiger partial charge in [-0.25, -0.2) is 9.69 Å². The number of hydrogen-bond acceptors (Lipinski definition) is 8. The molecule has 1 fully saturated rings. The van der Waals surface area contributed by atoms with Crippen molar-refractivity contribution in [3.05, 3.63) is 80.9 Å². The Balaban J connectivity index is 1.69. The number of phenols is 1. The van der Waals surface area contributed by atoms with Crippen molar-refractivity contribution < 1.29 is 36.8 Å². The molecule has 1 aliphatic rings. The number of phenolic OH excluding ortho intramolecular Hbond substituents is 1. The molecule has 2 N–H and O–H groups in total. The number of methoxy groups -OCH3 is 1. The molecule has 4 amide bonds. The number of ether oxygens (including phenoxy) is 1. The van der Waals surface area contributed by atoms with Crippen molar-refractivity contribution in [2.45, 2.75) is 11.8 Å². The number of imide groups is 2. The number of urea groups is 1. The van der Waals surface area contributed by atoms with Crippen LogP contribution < -0.4 is 19.1 Å². The zero-order chi connectivity index (χ0) is 26.9. The van der Waals surface area contributed by atoms with Crippen LogP contribution in [0, 0.1) is 10.5 Å². The van der Waals surface area contributed by atoms with Crippen LogP contribution in [0.3, 0.4) is 0 Å². The first-order valence-corrected chi connectivity index (χ1v) is 13.1. The van der Waals surface area contributed by atoms with Crippen LogP contribution in [0.1, 0.15) is 11.1 Å². The van der Waals surface area contributed by atoms with Crippen molar-refractivity contribution in [3.8, 4) is 17.2 Å². The summed E-state index contributed by atoms with van der Waals surface area (Å²) >= 11 is 1.85. The van der Waals surface area contributed by atoms with Gasteiger partial charge < -0.3 is 14.0 Å². The minimum atomic E-state index is -4.17. The highest BCUT2D eigenvalue weighted by molar-refractivity contribution is 14.1. The van der Waals surface area contributed by atoms with Gasteiger partial charge in [0.1, 0.15) is 16.2 Å². The highest BCUT2D eigenvalue weighted by Crippen LogP contribution is 2.37. The molecule has 0 atom stereocenters. The maximum Gasteiger partial charge on any atom is 0.339 e. The monoisotopic (exact) mass is 634 g/mol. The van der Waals surface area contributed by atoms with Crippen LogP contribution >= 0.6 is 22.6 Å². The Bertz CT molecular complexity index is 1550. The van der Waals surface area contributed by atoms with E-state index in [0.717, 1.165) is 10.5 Å². The number of barbiturate groups is 1. The summed E-state index contributed by atoms with van der Waals surface area (Å²) in [6, 6.07) is 13.4. The second kappa shape index (κ2) is 10.2. The number of aromatic hydroxyl groups is 1. The standard InChI is InChI=1S/C25H19IN2O8S/c1-14-3-9-18(10-4-14)37(33,34)36-22-20(26)12-15(13-21(22)35-2)11-19-23(30)27-25(32)28(24(19)31)16-5-7-17(29)8-6-16/h3-13,29H,1-2H3,(H,27,30,32)/b19-11+. The van der Waals surface area contributed by atoms with Crippen LogP contribution in [0.2, 0.25) is 0 Å². The largest absolute Gasteiger partial charge is 0.508 e. The number of halogens is 1. The number of amides is 4. The zero-order valence-corrected chi connectivity index (χ0v) is 22.4. The normalized spacial score (nSPS) is 15.1. The maximum absolute atomic E-state index is 13.1. The lowest BCUT2D eigenvalue weighted by atomic mass is 10.1. The molecule has 3 aromatic rings. The second-order valence-electron chi connectivity index (χ2n) is 7.86. The average molecular weight is 634 g/mol. The van der Waals surface area contributed by atoms with Gasteiger partial charge in [-0.05, 0) is 89.7 Å². The van der Waals surface area contributed by atoms with Crippen molar-refractivity contribution in [1.82, 2.24) is 5.32 Å². The van der Waals surface area contributed by atoms with Crippen molar-refractivity contribution in [3.63, 3.8) is 0 Å². The smallest absolute Gasteiger partial charge is 0.339 e. The molecule has 1 aliphatic heterocycles. The topological polar surface area (TPSA) is 139 Å². The Morgan fingerprint density at radius 1 is 1.00 bits per heavy atom. The van der Waals surface area contributed by atoms with E-state index in [1.165, 1.54) is 61.7 Å². The highest BCUT2D eigenvalue weighted by Gasteiger charge is 2.37. The van der Waals surface area contributed by atoms with E-state index >= 15 is 0 Å². The molecule has 0 spiro atoms. The van der Waals surface area contributed by atoms with Gasteiger partial charge in [-0.1, -0.05) is 17.7 Å². The molecule has 4 rings (SSSR count). The number of benzene rings is 3. The van der Waals surface area contributed by atoms with Crippen molar-refractivity contribution in [1.29, 1.82) is 0 Å². The maximum atomic E-state index is 13.1. The zero-order valence-electron chi connectivity index (χ0n) is 19.4. The van der Waals surface area contributed by atoms with Crippen LogP contribution in [0.5, 0.6) is 17.2 Å². The van der Waals surface area contributed by atoms with Gasteiger partial charge in [0.15, 0.2) is 11.5 Å². The van der Waals surface area contributed by atoms with Gasteiger partial charge in [0, 0.05) is 0 Å². The minimum absolute atomic E-state index is 0.0365. The number of rotatable bonds is 6. The number of aryl methyl sites for hydroxylation is 1. The third-order valence-electron chi connectivity index (χ3n) is 5.28. The summed E-state index contributed by atoms with van der Waals surface area (Å²) in [7, 11) is -2.85. The fourth-order valence-corrected chi connectivity index (χ4v) is 5.27. The Morgan fingerprint density at radius 2 is 1.65 bits per heavy atom. The molecule has 37 heavy (non-hydrogen) atoms. The van der Waals surface area contributed by atoms with Crippen LogP contribution in [-0.2, 0) is 19.7 Å². The Kier molecular flexibility index (Phi) is 7.23. The SMILES string of the molecule is COc1cc(/C=C2\C(=O)NC(=O)N(c3ccc(O)cc3)C2=O)cc(I)c1OS(=O)(=O)c1ccc(C)cc1. The molecule has 0 aliphatic carbocycles. The van der Waals surface area contributed by atoms with E-state index in [2.05, 4.69) is 5.32 Å². The van der Waals surface area contributed by atoms with E-state index in [9.17, 15) is 27.9 Å². The third kappa shape index (κ3) is 5.44. The molecule has 190 valence electrons. The molecular formula is C25H19IN2O8S. The van der Waals surface area contributed by atoms with Crippen molar-refractivity contribution in [2.24, 2.45) is 0 Å². The molecular weight excluding hydrogens is 615 g/mol. The fraction of sp³-hybridized carbons (Fsp3) is 0.0800. The summed E-state index contributed by atoms with van der Waals surface area (Å²) in [6.07, 6.45) is 1.25. The van der Waals surface area contributed by atoms with E-state index in [-0.39, 0.29) is 33.4 Å². The quantitative estimate of drug-likeness (QED) is 0.181. The van der Waals surface area contributed by atoms with Gasteiger partial charge in [-0.3, -0.25) is 14.9 Å². The predicted molar refractivity (Wildman–Crippen MR) is 142 cm³/mol. The molecule has 0 aromatic heterocycles.